The van der Waals surface area contributed by atoms with Crippen LogP contribution in [0.15, 0.2) is 164 Å². The maximum Gasteiger partial charge on any atom is 0.0463 e. The van der Waals surface area contributed by atoms with Gasteiger partial charge in [0.2, 0.25) is 0 Å². The second-order valence-electron chi connectivity index (χ2n) is 12.3. The van der Waals surface area contributed by atoms with Crippen molar-refractivity contribution in [3.63, 3.8) is 0 Å². The summed E-state index contributed by atoms with van der Waals surface area (Å²) in [6.07, 6.45) is 3.20. The zero-order valence-electron chi connectivity index (χ0n) is 29.1. The number of benzene rings is 6. The van der Waals surface area contributed by atoms with E-state index in [-0.39, 0.29) is 0 Å². The van der Waals surface area contributed by atoms with Crippen LogP contribution in [0.1, 0.15) is 40.0 Å². The maximum absolute atomic E-state index is 2.40. The van der Waals surface area contributed by atoms with Crippen molar-refractivity contribution >= 4 is 51.2 Å². The molecule has 0 N–H and O–H groups in total. The summed E-state index contributed by atoms with van der Waals surface area (Å²) in [4.78, 5) is 9.56. The number of nitrogens with zero attached hydrogens (tertiary/aromatic N) is 4. The summed E-state index contributed by atoms with van der Waals surface area (Å²) in [6, 6.07) is 59.1. The molecule has 0 atom stereocenters. The smallest absolute Gasteiger partial charge is 0.0463 e. The van der Waals surface area contributed by atoms with Crippen LogP contribution in [0.5, 0.6) is 0 Å². The Morgan fingerprint density at radius 1 is 0.265 bits per heavy atom. The minimum Gasteiger partial charge on any atom is -0.341 e. The highest BCUT2D eigenvalue weighted by molar-refractivity contribution is 5.80. The van der Waals surface area contributed by atoms with Crippen LogP contribution < -0.4 is 19.6 Å². The molecule has 248 valence electrons. The molecule has 0 heterocycles. The lowest BCUT2D eigenvalue weighted by Gasteiger charge is -2.30. The molecule has 4 nitrogen and oxygen atoms in total. The van der Waals surface area contributed by atoms with Gasteiger partial charge in [0.25, 0.3) is 0 Å². The fourth-order valence-corrected chi connectivity index (χ4v) is 6.51. The molecule has 6 rings (SSSR count). The zero-order chi connectivity index (χ0) is 33.8. The average molecular weight is 645 g/mol. The van der Waals surface area contributed by atoms with Gasteiger partial charge in [0.15, 0.2) is 0 Å². The van der Waals surface area contributed by atoms with Gasteiger partial charge < -0.3 is 19.6 Å². The molecular formula is C45H48N4. The van der Waals surface area contributed by atoms with E-state index in [1.807, 2.05) is 0 Å². The number of para-hydroxylation sites is 3. The highest BCUT2D eigenvalue weighted by atomic mass is 15.2. The van der Waals surface area contributed by atoms with Crippen molar-refractivity contribution in [3.8, 4) is 0 Å². The molecule has 49 heavy (non-hydrogen) atoms. The second kappa shape index (κ2) is 16.6. The Labute approximate surface area is 293 Å². The third-order valence-electron chi connectivity index (χ3n) is 8.80. The minimum atomic E-state index is 0.960. The lowest BCUT2D eigenvalue weighted by molar-refractivity contribution is 0.885. The summed E-state index contributed by atoms with van der Waals surface area (Å²) in [7, 11) is 0. The molecule has 0 saturated carbocycles. The summed E-state index contributed by atoms with van der Waals surface area (Å²) in [5.74, 6) is 0. The fraction of sp³-hybridized carbons (Fsp3) is 0.200. The van der Waals surface area contributed by atoms with Crippen LogP contribution in [0, 0.1) is 0 Å². The molecular weight excluding hydrogens is 597 g/mol. The number of hydrogen-bond donors (Lipinski definition) is 0. The molecule has 0 aliphatic carbocycles. The molecule has 0 saturated heterocycles. The van der Waals surface area contributed by atoms with Gasteiger partial charge in [0.1, 0.15) is 0 Å². The molecule has 0 aliphatic heterocycles. The Hall–Kier alpha value is -5.48. The molecule has 0 amide bonds. The topological polar surface area (TPSA) is 13.0 Å². The third kappa shape index (κ3) is 7.98. The van der Waals surface area contributed by atoms with Crippen molar-refractivity contribution in [2.75, 3.05) is 39.2 Å². The summed E-state index contributed by atoms with van der Waals surface area (Å²) in [5, 5.41) is 0. The Balaban J connectivity index is 1.37. The van der Waals surface area contributed by atoms with Crippen molar-refractivity contribution < 1.29 is 0 Å². The van der Waals surface area contributed by atoms with E-state index in [2.05, 4.69) is 204 Å². The van der Waals surface area contributed by atoms with E-state index in [1.165, 1.54) is 34.1 Å². The number of hydrogen-bond acceptors (Lipinski definition) is 4. The maximum atomic E-state index is 2.40. The van der Waals surface area contributed by atoms with Gasteiger partial charge in [-0.25, -0.2) is 0 Å². The molecule has 4 heteroatoms. The standard InChI is InChI=1S/C45H48N4/c1-4-34-46(37-16-10-7-11-17-37)40-22-28-43(29-23-40)49(44-30-24-41(25-31-44)47(35-5-2)38-18-12-8-13-19-38)45-32-26-42(27-33-45)48(36-6-3)39-20-14-9-15-21-39/h7-33H,4-6,34-36H2,1-3H3. The zero-order valence-corrected chi connectivity index (χ0v) is 29.1. The van der Waals surface area contributed by atoms with Gasteiger partial charge in [-0.3, -0.25) is 0 Å². The van der Waals surface area contributed by atoms with E-state index in [0.29, 0.717) is 0 Å². The van der Waals surface area contributed by atoms with Crippen LogP contribution in [0.2, 0.25) is 0 Å². The SMILES string of the molecule is CCCN(c1ccccc1)c1ccc(N(c2ccc(N(CCC)c3ccccc3)cc2)c2ccc(N(CCC)c3ccccc3)cc2)cc1. The molecule has 0 aliphatic rings. The lowest BCUT2D eigenvalue weighted by Crippen LogP contribution is -2.19. The Morgan fingerprint density at radius 3 is 0.694 bits per heavy atom. The molecule has 6 aromatic carbocycles. The van der Waals surface area contributed by atoms with Crippen molar-refractivity contribution in [2.24, 2.45) is 0 Å². The first-order valence-electron chi connectivity index (χ1n) is 17.8. The van der Waals surface area contributed by atoms with Crippen molar-refractivity contribution in [3.05, 3.63) is 164 Å². The average Bonchev–Trinajstić information content (AvgIpc) is 3.17. The van der Waals surface area contributed by atoms with Crippen LogP contribution in [0.3, 0.4) is 0 Å². The molecule has 6 aromatic rings. The molecule has 0 fully saturated rings. The Morgan fingerprint density at radius 2 is 0.469 bits per heavy atom. The van der Waals surface area contributed by atoms with Gasteiger partial charge >= 0.3 is 0 Å². The van der Waals surface area contributed by atoms with E-state index in [9.17, 15) is 0 Å². The van der Waals surface area contributed by atoms with Crippen molar-refractivity contribution in [1.29, 1.82) is 0 Å². The quantitative estimate of drug-likeness (QED) is 0.110. The fourth-order valence-electron chi connectivity index (χ4n) is 6.51. The number of anilines is 9. The predicted octanol–water partition coefficient (Wildman–Crippen LogP) is 12.8. The van der Waals surface area contributed by atoms with Gasteiger partial charge in [-0.05, 0) is 128 Å². The first-order valence-corrected chi connectivity index (χ1v) is 17.8. The molecule has 0 unspecified atom stereocenters. The van der Waals surface area contributed by atoms with Crippen molar-refractivity contribution in [1.82, 2.24) is 0 Å². The Bertz CT molecular complexity index is 1600. The van der Waals surface area contributed by atoms with Gasteiger partial charge in [0.05, 0.1) is 0 Å². The van der Waals surface area contributed by atoms with E-state index < -0.39 is 0 Å². The molecule has 0 aromatic heterocycles. The van der Waals surface area contributed by atoms with Gasteiger partial charge in [-0.2, -0.15) is 0 Å². The van der Waals surface area contributed by atoms with Crippen LogP contribution in [0.4, 0.5) is 51.2 Å². The van der Waals surface area contributed by atoms with Gasteiger partial charge in [-0.1, -0.05) is 75.4 Å². The van der Waals surface area contributed by atoms with Crippen LogP contribution in [-0.2, 0) is 0 Å². The van der Waals surface area contributed by atoms with E-state index >= 15 is 0 Å². The Kier molecular flexibility index (Phi) is 11.3. The molecule has 0 radical (unpaired) electrons. The second-order valence-corrected chi connectivity index (χ2v) is 12.3. The summed E-state index contributed by atoms with van der Waals surface area (Å²) >= 11 is 0. The third-order valence-corrected chi connectivity index (χ3v) is 8.80. The van der Waals surface area contributed by atoms with Gasteiger partial charge in [0, 0.05) is 70.8 Å². The van der Waals surface area contributed by atoms with Crippen LogP contribution in [-0.4, -0.2) is 19.6 Å². The van der Waals surface area contributed by atoms with Crippen LogP contribution >= 0.6 is 0 Å². The molecule has 0 bridgehead atoms. The highest BCUT2D eigenvalue weighted by Crippen LogP contribution is 2.39. The predicted molar refractivity (Wildman–Crippen MR) is 212 cm³/mol. The van der Waals surface area contributed by atoms with E-state index in [4.69, 9.17) is 0 Å². The number of rotatable bonds is 15. The minimum absolute atomic E-state index is 0.960. The lowest BCUT2D eigenvalue weighted by atomic mass is 10.1. The molecule has 0 spiro atoms. The van der Waals surface area contributed by atoms with Gasteiger partial charge in [-0.15, -0.1) is 0 Å². The van der Waals surface area contributed by atoms with Crippen molar-refractivity contribution in [2.45, 2.75) is 40.0 Å². The van der Waals surface area contributed by atoms with E-state index in [0.717, 1.165) is 56.0 Å². The first kappa shape index (κ1) is 33.4. The normalized spacial score (nSPS) is 10.8. The summed E-state index contributed by atoms with van der Waals surface area (Å²) < 4.78 is 0. The largest absolute Gasteiger partial charge is 0.341 e. The van der Waals surface area contributed by atoms with E-state index in [1.54, 1.807) is 0 Å². The first-order chi connectivity index (χ1) is 24.2. The summed E-state index contributed by atoms with van der Waals surface area (Å²) in [6.45, 7) is 9.58. The summed E-state index contributed by atoms with van der Waals surface area (Å²) in [5.41, 5.74) is 10.6. The monoisotopic (exact) mass is 644 g/mol. The van der Waals surface area contributed by atoms with Crippen LogP contribution in [0.25, 0.3) is 0 Å². The highest BCUT2D eigenvalue weighted by Gasteiger charge is 2.17.